The molecule has 108 valence electrons. The van der Waals surface area contributed by atoms with Crippen LogP contribution in [0.4, 0.5) is 5.69 Å². The zero-order valence-corrected chi connectivity index (χ0v) is 11.5. The number of hydrogen-bond acceptors (Lipinski definition) is 4. The standard InChI is InChI=1S/C13H15ClN2O4/c14-9-3-4-11(16(19)20)10(7-9)12(17)15-8-13(18)5-1-2-6-13/h3-4,7,18H,1-2,5-6,8H2,(H,15,17). The second-order valence-electron chi connectivity index (χ2n) is 5.03. The number of carbonyl (C=O) groups excluding carboxylic acids is 1. The number of nitro benzene ring substituents is 1. The summed E-state index contributed by atoms with van der Waals surface area (Å²) in [6.45, 7) is 0.0928. The Bertz CT molecular complexity index is 541. The number of hydrogen-bond donors (Lipinski definition) is 2. The van der Waals surface area contributed by atoms with E-state index in [1.807, 2.05) is 0 Å². The SMILES string of the molecule is O=C(NCC1(O)CCCC1)c1cc(Cl)ccc1[N+](=O)[O-]. The molecule has 1 aliphatic rings. The number of nitrogens with zero attached hydrogens (tertiary/aromatic N) is 1. The van der Waals surface area contributed by atoms with E-state index in [4.69, 9.17) is 11.6 Å². The van der Waals surface area contributed by atoms with Gasteiger partial charge in [-0.05, 0) is 25.0 Å². The minimum atomic E-state index is -0.900. The molecule has 0 spiro atoms. The van der Waals surface area contributed by atoms with Crippen molar-refractivity contribution in [3.63, 3.8) is 0 Å². The van der Waals surface area contributed by atoms with Crippen LogP contribution < -0.4 is 5.32 Å². The number of benzene rings is 1. The maximum Gasteiger partial charge on any atom is 0.282 e. The molecule has 2 N–H and O–H groups in total. The first-order valence-electron chi connectivity index (χ1n) is 6.36. The fraction of sp³-hybridized carbons (Fsp3) is 0.462. The van der Waals surface area contributed by atoms with E-state index in [1.165, 1.54) is 18.2 Å². The lowest BCUT2D eigenvalue weighted by atomic mass is 10.0. The normalized spacial score (nSPS) is 16.9. The van der Waals surface area contributed by atoms with Crippen molar-refractivity contribution in [1.82, 2.24) is 5.32 Å². The molecule has 0 saturated heterocycles. The van der Waals surface area contributed by atoms with Gasteiger partial charge in [-0.1, -0.05) is 24.4 Å². The summed E-state index contributed by atoms with van der Waals surface area (Å²) in [5, 5.41) is 23.8. The molecule has 0 aromatic heterocycles. The first-order chi connectivity index (χ1) is 9.41. The van der Waals surface area contributed by atoms with Crippen molar-refractivity contribution in [2.24, 2.45) is 0 Å². The first-order valence-corrected chi connectivity index (χ1v) is 6.74. The lowest BCUT2D eigenvalue weighted by Gasteiger charge is -2.22. The van der Waals surface area contributed by atoms with Crippen molar-refractivity contribution < 1.29 is 14.8 Å². The highest BCUT2D eigenvalue weighted by atomic mass is 35.5. The number of nitro groups is 1. The van der Waals surface area contributed by atoms with Gasteiger partial charge in [-0.25, -0.2) is 0 Å². The molecule has 0 radical (unpaired) electrons. The van der Waals surface area contributed by atoms with E-state index in [0.717, 1.165) is 12.8 Å². The zero-order valence-electron chi connectivity index (χ0n) is 10.8. The molecule has 0 aliphatic heterocycles. The van der Waals surface area contributed by atoms with Crippen LogP contribution in [-0.4, -0.2) is 28.1 Å². The molecule has 6 nitrogen and oxygen atoms in total. The minimum Gasteiger partial charge on any atom is -0.388 e. The summed E-state index contributed by atoms with van der Waals surface area (Å²) in [5.41, 5.74) is -1.29. The van der Waals surface area contributed by atoms with Crippen molar-refractivity contribution in [2.45, 2.75) is 31.3 Å². The second kappa shape index (κ2) is 5.76. The Labute approximate surface area is 120 Å². The summed E-state index contributed by atoms with van der Waals surface area (Å²) in [4.78, 5) is 22.3. The van der Waals surface area contributed by atoms with Gasteiger partial charge in [-0.15, -0.1) is 0 Å². The highest BCUT2D eigenvalue weighted by Crippen LogP contribution is 2.29. The van der Waals surface area contributed by atoms with Crippen LogP contribution in [0.1, 0.15) is 36.0 Å². The summed E-state index contributed by atoms with van der Waals surface area (Å²) in [7, 11) is 0. The maximum absolute atomic E-state index is 12.0. The molecule has 0 unspecified atom stereocenters. The van der Waals surface area contributed by atoms with Gasteiger partial charge in [0.25, 0.3) is 11.6 Å². The number of rotatable bonds is 4. The highest BCUT2D eigenvalue weighted by molar-refractivity contribution is 6.31. The Balaban J connectivity index is 2.12. The quantitative estimate of drug-likeness (QED) is 0.659. The summed E-state index contributed by atoms with van der Waals surface area (Å²) < 4.78 is 0. The Morgan fingerprint density at radius 2 is 2.10 bits per heavy atom. The van der Waals surface area contributed by atoms with Gasteiger partial charge in [0.1, 0.15) is 5.56 Å². The van der Waals surface area contributed by atoms with Gasteiger partial charge in [0.2, 0.25) is 0 Å². The average molecular weight is 299 g/mol. The maximum atomic E-state index is 12.0. The van der Waals surface area contributed by atoms with Crippen LogP contribution in [0, 0.1) is 10.1 Å². The Morgan fingerprint density at radius 3 is 2.70 bits per heavy atom. The van der Waals surface area contributed by atoms with Crippen molar-refractivity contribution in [3.8, 4) is 0 Å². The van der Waals surface area contributed by atoms with E-state index < -0.39 is 16.4 Å². The van der Waals surface area contributed by atoms with Gasteiger partial charge in [0.15, 0.2) is 0 Å². The molecular weight excluding hydrogens is 284 g/mol. The molecule has 2 rings (SSSR count). The summed E-state index contributed by atoms with van der Waals surface area (Å²) in [6, 6.07) is 3.82. The predicted octanol–water partition coefficient (Wildman–Crippen LogP) is 2.28. The molecule has 1 aromatic rings. The largest absolute Gasteiger partial charge is 0.388 e. The number of halogens is 1. The summed E-state index contributed by atoms with van der Waals surface area (Å²) in [5.74, 6) is -0.598. The molecule has 1 saturated carbocycles. The van der Waals surface area contributed by atoms with Crippen molar-refractivity contribution in [3.05, 3.63) is 38.9 Å². The summed E-state index contributed by atoms with van der Waals surface area (Å²) in [6.07, 6.45) is 3.10. The molecule has 0 bridgehead atoms. The number of nitrogens with one attached hydrogen (secondary N) is 1. The fourth-order valence-electron chi connectivity index (χ4n) is 2.40. The van der Waals surface area contributed by atoms with E-state index in [9.17, 15) is 20.0 Å². The van der Waals surface area contributed by atoms with Gasteiger partial charge < -0.3 is 10.4 Å². The third kappa shape index (κ3) is 3.26. The molecule has 0 atom stereocenters. The number of carbonyl (C=O) groups is 1. The average Bonchev–Trinajstić information content (AvgIpc) is 2.83. The van der Waals surface area contributed by atoms with Crippen LogP contribution in [0.5, 0.6) is 0 Å². The molecule has 7 heteroatoms. The monoisotopic (exact) mass is 298 g/mol. The summed E-state index contributed by atoms with van der Waals surface area (Å²) >= 11 is 5.77. The van der Waals surface area contributed by atoms with Crippen LogP contribution in [-0.2, 0) is 0 Å². The van der Waals surface area contributed by atoms with E-state index in [1.54, 1.807) is 0 Å². The molecular formula is C13H15ClN2O4. The van der Waals surface area contributed by atoms with Crippen molar-refractivity contribution >= 4 is 23.2 Å². The molecule has 1 aliphatic carbocycles. The molecule has 1 aromatic carbocycles. The van der Waals surface area contributed by atoms with Crippen LogP contribution >= 0.6 is 11.6 Å². The van der Waals surface area contributed by atoms with E-state index >= 15 is 0 Å². The first kappa shape index (κ1) is 14.7. The van der Waals surface area contributed by atoms with E-state index in [2.05, 4.69) is 5.32 Å². The van der Waals surface area contributed by atoms with Gasteiger partial charge in [0, 0.05) is 17.6 Å². The van der Waals surface area contributed by atoms with Gasteiger partial charge in [-0.2, -0.15) is 0 Å². The topological polar surface area (TPSA) is 92.5 Å². The third-order valence-electron chi connectivity index (χ3n) is 3.51. The Hall–Kier alpha value is -1.66. The highest BCUT2D eigenvalue weighted by Gasteiger charge is 2.32. The van der Waals surface area contributed by atoms with Gasteiger partial charge in [-0.3, -0.25) is 14.9 Å². The van der Waals surface area contributed by atoms with Crippen LogP contribution in [0.15, 0.2) is 18.2 Å². The second-order valence-corrected chi connectivity index (χ2v) is 5.47. The Kier molecular flexibility index (Phi) is 4.25. The zero-order chi connectivity index (χ0) is 14.8. The lowest BCUT2D eigenvalue weighted by molar-refractivity contribution is -0.385. The Morgan fingerprint density at radius 1 is 1.45 bits per heavy atom. The fourth-order valence-corrected chi connectivity index (χ4v) is 2.57. The van der Waals surface area contributed by atoms with Crippen LogP contribution in [0.2, 0.25) is 5.02 Å². The van der Waals surface area contributed by atoms with Crippen molar-refractivity contribution in [2.75, 3.05) is 6.54 Å². The predicted molar refractivity (Wildman–Crippen MR) is 73.9 cm³/mol. The van der Waals surface area contributed by atoms with E-state index in [-0.39, 0.29) is 22.8 Å². The number of aliphatic hydroxyl groups is 1. The van der Waals surface area contributed by atoms with E-state index in [0.29, 0.717) is 12.8 Å². The van der Waals surface area contributed by atoms with Crippen LogP contribution in [0.3, 0.4) is 0 Å². The van der Waals surface area contributed by atoms with Crippen molar-refractivity contribution in [1.29, 1.82) is 0 Å². The van der Waals surface area contributed by atoms with Gasteiger partial charge >= 0.3 is 0 Å². The third-order valence-corrected chi connectivity index (χ3v) is 3.75. The minimum absolute atomic E-state index is 0.0928. The molecule has 0 heterocycles. The number of amides is 1. The van der Waals surface area contributed by atoms with Gasteiger partial charge in [0.05, 0.1) is 10.5 Å². The molecule has 1 amide bonds. The van der Waals surface area contributed by atoms with Crippen LogP contribution in [0.25, 0.3) is 0 Å². The molecule has 20 heavy (non-hydrogen) atoms. The molecule has 1 fully saturated rings. The lowest BCUT2D eigenvalue weighted by Crippen LogP contribution is -2.40. The smallest absolute Gasteiger partial charge is 0.282 e.